The van der Waals surface area contributed by atoms with Gasteiger partial charge in [0.05, 0.1) is 12.2 Å². The molecule has 2 aliphatic carbocycles. The predicted octanol–water partition coefficient (Wildman–Crippen LogP) is 0.507. The van der Waals surface area contributed by atoms with E-state index in [-0.39, 0.29) is 17.3 Å². The van der Waals surface area contributed by atoms with E-state index >= 15 is 0 Å². The van der Waals surface area contributed by atoms with E-state index in [1.165, 1.54) is 12.2 Å². The zero-order chi connectivity index (χ0) is 14.7. The monoisotopic (exact) mass is 278 g/mol. The van der Waals surface area contributed by atoms with Crippen LogP contribution in [0.15, 0.2) is 23.3 Å². The maximum Gasteiger partial charge on any atom is 0.337 e. The molecule has 0 spiro atoms. The average Bonchev–Trinajstić information content (AvgIpc) is 2.84. The maximum absolute atomic E-state index is 12.4. The zero-order valence-corrected chi connectivity index (χ0v) is 11.5. The molecule has 20 heavy (non-hydrogen) atoms. The van der Waals surface area contributed by atoms with Crippen LogP contribution >= 0.6 is 0 Å². The molecule has 0 bridgehead atoms. The second-order valence-electron chi connectivity index (χ2n) is 6.11. The number of aliphatic hydroxyl groups is 2. The fourth-order valence-corrected chi connectivity index (χ4v) is 3.81. The normalized spacial score (nSPS) is 43.4. The molecule has 0 aromatic carbocycles. The number of carbonyl (C=O) groups excluding carboxylic acids is 2. The van der Waals surface area contributed by atoms with Crippen molar-refractivity contribution in [2.24, 2.45) is 11.3 Å². The molecule has 0 aromatic heterocycles. The summed E-state index contributed by atoms with van der Waals surface area (Å²) in [4.78, 5) is 24.2. The molecule has 0 radical (unpaired) electrons. The third-order valence-electron chi connectivity index (χ3n) is 5.29. The number of esters is 1. The Kier molecular flexibility index (Phi) is 2.72. The first-order valence-corrected chi connectivity index (χ1v) is 6.86. The molecule has 3 aliphatic rings. The highest BCUT2D eigenvalue weighted by molar-refractivity contribution is 6.02. The van der Waals surface area contributed by atoms with Crippen LogP contribution in [-0.4, -0.2) is 40.3 Å². The molecule has 0 amide bonds. The molecule has 4 atom stereocenters. The van der Waals surface area contributed by atoms with E-state index in [1.54, 1.807) is 6.92 Å². The number of allylic oxidation sites excluding steroid dienone is 1. The molecule has 0 unspecified atom stereocenters. The van der Waals surface area contributed by atoms with E-state index in [9.17, 15) is 19.8 Å². The third-order valence-corrected chi connectivity index (χ3v) is 5.29. The van der Waals surface area contributed by atoms with Crippen LogP contribution in [0.5, 0.6) is 0 Å². The second-order valence-corrected chi connectivity index (χ2v) is 6.11. The highest BCUT2D eigenvalue weighted by atomic mass is 16.6. The van der Waals surface area contributed by atoms with Crippen LogP contribution in [0.2, 0.25) is 0 Å². The Labute approximate surface area is 116 Å². The summed E-state index contributed by atoms with van der Waals surface area (Å²) in [7, 11) is 0. The van der Waals surface area contributed by atoms with Gasteiger partial charge in [0.2, 0.25) is 0 Å². The van der Waals surface area contributed by atoms with Crippen LogP contribution in [-0.2, 0) is 14.3 Å². The Hall–Kier alpha value is -1.46. The minimum atomic E-state index is -1.32. The molecule has 2 N–H and O–H groups in total. The molecule has 5 heteroatoms. The van der Waals surface area contributed by atoms with Gasteiger partial charge < -0.3 is 14.9 Å². The summed E-state index contributed by atoms with van der Waals surface area (Å²) in [6.07, 6.45) is 3.31. The fourth-order valence-electron chi connectivity index (χ4n) is 3.81. The molecule has 0 saturated heterocycles. The van der Waals surface area contributed by atoms with Crippen molar-refractivity contribution in [3.8, 4) is 0 Å². The molecule has 1 saturated carbocycles. The molecule has 1 heterocycles. The Morgan fingerprint density at radius 1 is 1.45 bits per heavy atom. The molecule has 108 valence electrons. The quantitative estimate of drug-likeness (QED) is 0.683. The first-order valence-electron chi connectivity index (χ1n) is 6.86. The van der Waals surface area contributed by atoms with Gasteiger partial charge in [-0.25, -0.2) is 4.79 Å². The van der Waals surface area contributed by atoms with Gasteiger partial charge >= 0.3 is 5.97 Å². The SMILES string of the molecule is C[C@H]1CCC2=C(CO)C(=O)O[C@H]2[C@]2(C)C(=O)C=C[C@@]12O. The lowest BCUT2D eigenvalue weighted by Crippen LogP contribution is -2.56. The van der Waals surface area contributed by atoms with E-state index in [0.717, 1.165) is 0 Å². The van der Waals surface area contributed by atoms with E-state index in [4.69, 9.17) is 4.74 Å². The predicted molar refractivity (Wildman–Crippen MR) is 69.6 cm³/mol. The van der Waals surface area contributed by atoms with Crippen LogP contribution in [0, 0.1) is 11.3 Å². The molecule has 5 nitrogen and oxygen atoms in total. The van der Waals surface area contributed by atoms with Crippen molar-refractivity contribution < 1.29 is 24.5 Å². The lowest BCUT2D eigenvalue weighted by atomic mass is 9.65. The molecule has 1 aliphatic heterocycles. The summed E-state index contributed by atoms with van der Waals surface area (Å²) < 4.78 is 5.36. The summed E-state index contributed by atoms with van der Waals surface area (Å²) in [6, 6.07) is 0. The zero-order valence-electron chi connectivity index (χ0n) is 11.5. The van der Waals surface area contributed by atoms with Crippen LogP contribution in [0.1, 0.15) is 26.7 Å². The number of hydrogen-bond donors (Lipinski definition) is 2. The summed E-state index contributed by atoms with van der Waals surface area (Å²) in [5, 5.41) is 20.4. The van der Waals surface area contributed by atoms with Crippen LogP contribution in [0.4, 0.5) is 0 Å². The Morgan fingerprint density at radius 3 is 2.80 bits per heavy atom. The van der Waals surface area contributed by atoms with Gasteiger partial charge in [-0.3, -0.25) is 4.79 Å². The molecular formula is C15H18O5. The van der Waals surface area contributed by atoms with Gasteiger partial charge in [0.15, 0.2) is 5.78 Å². The number of hydrogen-bond acceptors (Lipinski definition) is 5. The summed E-state index contributed by atoms with van der Waals surface area (Å²) in [6.45, 7) is 3.15. The summed E-state index contributed by atoms with van der Waals surface area (Å²) >= 11 is 0. The van der Waals surface area contributed by atoms with Crippen molar-refractivity contribution >= 4 is 11.8 Å². The van der Waals surface area contributed by atoms with Crippen molar-refractivity contribution in [2.75, 3.05) is 6.61 Å². The van der Waals surface area contributed by atoms with E-state index in [2.05, 4.69) is 0 Å². The molecule has 0 aromatic rings. The van der Waals surface area contributed by atoms with E-state index in [1.807, 2.05) is 6.92 Å². The van der Waals surface area contributed by atoms with E-state index < -0.39 is 29.7 Å². The number of carbonyl (C=O) groups is 2. The standard InChI is InChI=1S/C15H18O5/c1-8-3-4-9-10(7-16)13(18)20-12(9)14(2)11(17)5-6-15(8,14)19/h5-6,8,12,16,19H,3-4,7H2,1-2H3/t8-,12+,14-,15+/m0/s1. The second kappa shape index (κ2) is 4.02. The Morgan fingerprint density at radius 2 is 2.15 bits per heavy atom. The highest BCUT2D eigenvalue weighted by Crippen LogP contribution is 2.55. The van der Waals surface area contributed by atoms with Gasteiger partial charge in [-0.05, 0) is 43.4 Å². The van der Waals surface area contributed by atoms with Crippen molar-refractivity contribution in [3.63, 3.8) is 0 Å². The van der Waals surface area contributed by atoms with E-state index in [0.29, 0.717) is 18.4 Å². The number of aliphatic hydroxyl groups excluding tert-OH is 1. The van der Waals surface area contributed by atoms with Gasteiger partial charge in [0.1, 0.15) is 17.1 Å². The van der Waals surface area contributed by atoms with Gasteiger partial charge in [0, 0.05) is 0 Å². The Balaban J connectivity index is 2.20. The largest absolute Gasteiger partial charge is 0.453 e. The number of rotatable bonds is 1. The third kappa shape index (κ3) is 1.34. The van der Waals surface area contributed by atoms with Crippen molar-refractivity contribution in [1.29, 1.82) is 0 Å². The lowest BCUT2D eigenvalue weighted by Gasteiger charge is -2.42. The molecule has 1 fully saturated rings. The average molecular weight is 278 g/mol. The molecule has 3 rings (SSSR count). The first-order chi connectivity index (χ1) is 9.36. The minimum absolute atomic E-state index is 0.132. The fraction of sp³-hybridized carbons (Fsp3) is 0.600. The van der Waals surface area contributed by atoms with Crippen molar-refractivity contribution in [2.45, 2.75) is 38.4 Å². The smallest absolute Gasteiger partial charge is 0.337 e. The van der Waals surface area contributed by atoms with Gasteiger partial charge in [-0.2, -0.15) is 0 Å². The minimum Gasteiger partial charge on any atom is -0.453 e. The topological polar surface area (TPSA) is 83.8 Å². The van der Waals surface area contributed by atoms with Crippen LogP contribution < -0.4 is 0 Å². The van der Waals surface area contributed by atoms with Gasteiger partial charge in [0.25, 0.3) is 0 Å². The lowest BCUT2D eigenvalue weighted by molar-refractivity contribution is -0.163. The number of ketones is 1. The van der Waals surface area contributed by atoms with Crippen molar-refractivity contribution in [1.82, 2.24) is 0 Å². The van der Waals surface area contributed by atoms with Crippen LogP contribution in [0.3, 0.4) is 0 Å². The van der Waals surface area contributed by atoms with Crippen molar-refractivity contribution in [3.05, 3.63) is 23.3 Å². The summed E-state index contributed by atoms with van der Waals surface area (Å²) in [5.41, 5.74) is -1.61. The maximum atomic E-state index is 12.4. The first kappa shape index (κ1) is 13.5. The number of fused-ring (bicyclic) bond motifs is 3. The highest BCUT2D eigenvalue weighted by Gasteiger charge is 2.65. The van der Waals surface area contributed by atoms with Crippen LogP contribution in [0.25, 0.3) is 0 Å². The number of ether oxygens (including phenoxy) is 1. The summed E-state index contributed by atoms with van der Waals surface area (Å²) in [5.74, 6) is -0.944. The van der Waals surface area contributed by atoms with Gasteiger partial charge in [-0.15, -0.1) is 0 Å². The van der Waals surface area contributed by atoms with Gasteiger partial charge in [-0.1, -0.05) is 6.92 Å². The Bertz CT molecular complexity index is 561. The molecular weight excluding hydrogens is 260 g/mol.